The van der Waals surface area contributed by atoms with Gasteiger partial charge in [0.25, 0.3) is 0 Å². The van der Waals surface area contributed by atoms with Crippen LogP contribution in [0.5, 0.6) is 0 Å². The Balaban J connectivity index is 1.82. The number of primary sulfonamides is 1. The van der Waals surface area contributed by atoms with Gasteiger partial charge in [-0.2, -0.15) is 0 Å². The highest BCUT2D eigenvalue weighted by Crippen LogP contribution is 2.28. The molecule has 0 amide bonds. The van der Waals surface area contributed by atoms with Crippen LogP contribution in [0.3, 0.4) is 0 Å². The first kappa shape index (κ1) is 16.4. The van der Waals surface area contributed by atoms with Crippen LogP contribution in [0.15, 0.2) is 57.7 Å². The van der Waals surface area contributed by atoms with E-state index < -0.39 is 15.7 Å². The van der Waals surface area contributed by atoms with Crippen molar-refractivity contribution in [3.05, 3.63) is 64.0 Å². The molecule has 0 saturated heterocycles. The normalized spacial score (nSPS) is 11.4. The molecule has 0 saturated carbocycles. The monoisotopic (exact) mass is 362 g/mol. The van der Waals surface area contributed by atoms with Gasteiger partial charge in [-0.05, 0) is 29.1 Å². The van der Waals surface area contributed by atoms with E-state index >= 15 is 0 Å². The quantitative estimate of drug-likeness (QED) is 0.639. The number of H-pyrrole nitrogens is 1. The van der Waals surface area contributed by atoms with Gasteiger partial charge < -0.3 is 5.32 Å². The fourth-order valence-electron chi connectivity index (χ4n) is 2.14. The lowest BCUT2D eigenvalue weighted by atomic mass is 10.2. The zero-order valence-corrected chi connectivity index (χ0v) is 14.0. The van der Waals surface area contributed by atoms with Gasteiger partial charge in [-0.25, -0.2) is 23.3 Å². The molecule has 0 unspecified atom stereocenters. The highest BCUT2D eigenvalue weighted by atomic mass is 32.2. The zero-order chi connectivity index (χ0) is 17.2. The summed E-state index contributed by atoms with van der Waals surface area (Å²) < 4.78 is 22.5. The van der Waals surface area contributed by atoms with E-state index in [0.29, 0.717) is 12.4 Å². The summed E-state index contributed by atoms with van der Waals surface area (Å²) in [5.74, 6) is 0.563. The molecule has 9 heteroatoms. The minimum absolute atomic E-state index is 0.0582. The molecule has 0 aliphatic heterocycles. The molecule has 7 nitrogen and oxygen atoms in total. The van der Waals surface area contributed by atoms with Crippen molar-refractivity contribution in [2.75, 3.05) is 5.32 Å². The third-order valence-corrected chi connectivity index (χ3v) is 5.15. The Hall–Kier alpha value is -2.49. The third-order valence-electron chi connectivity index (χ3n) is 3.32. The Bertz CT molecular complexity index is 994. The average molecular weight is 362 g/mol. The number of nitrogens with zero attached hydrogens (tertiary/aromatic N) is 1. The third kappa shape index (κ3) is 3.70. The summed E-state index contributed by atoms with van der Waals surface area (Å²) in [7, 11) is -3.70. The molecular weight excluding hydrogens is 348 g/mol. The van der Waals surface area contributed by atoms with E-state index in [1.165, 1.54) is 29.7 Å². The average Bonchev–Trinajstić information content (AvgIpc) is 3.07. The molecule has 4 N–H and O–H groups in total. The van der Waals surface area contributed by atoms with Gasteiger partial charge in [-0.15, -0.1) is 11.3 Å². The van der Waals surface area contributed by atoms with Gasteiger partial charge in [-0.1, -0.05) is 18.2 Å². The van der Waals surface area contributed by atoms with Gasteiger partial charge in [0.15, 0.2) is 0 Å². The molecule has 2 heterocycles. The second kappa shape index (κ2) is 6.56. The molecule has 0 radical (unpaired) electrons. The molecule has 3 aromatic rings. The molecule has 0 aliphatic rings. The smallest absolute Gasteiger partial charge is 0.346 e. The Labute approximate surface area is 142 Å². The van der Waals surface area contributed by atoms with Gasteiger partial charge in [0.05, 0.1) is 10.5 Å². The molecule has 0 spiro atoms. The molecule has 0 bridgehead atoms. The number of benzene rings is 1. The predicted molar refractivity (Wildman–Crippen MR) is 93.3 cm³/mol. The Morgan fingerprint density at radius 3 is 2.58 bits per heavy atom. The maximum absolute atomic E-state index is 11.5. The van der Waals surface area contributed by atoms with E-state index in [0.717, 1.165) is 16.0 Å². The fourth-order valence-corrected chi connectivity index (χ4v) is 3.40. The van der Waals surface area contributed by atoms with Gasteiger partial charge in [0.2, 0.25) is 10.0 Å². The molecule has 1 aromatic carbocycles. The van der Waals surface area contributed by atoms with E-state index in [4.69, 9.17) is 5.14 Å². The Morgan fingerprint density at radius 1 is 1.21 bits per heavy atom. The first-order chi connectivity index (χ1) is 11.4. The second-order valence-electron chi connectivity index (χ2n) is 5.00. The Kier molecular flexibility index (Phi) is 4.47. The number of thiophene rings is 1. The van der Waals surface area contributed by atoms with Crippen LogP contribution in [0.4, 0.5) is 5.82 Å². The zero-order valence-electron chi connectivity index (χ0n) is 12.4. The van der Waals surface area contributed by atoms with Gasteiger partial charge in [-0.3, -0.25) is 4.98 Å². The maximum Gasteiger partial charge on any atom is 0.346 e. The standard InChI is InChI=1S/C15H14N4O3S2/c16-24(21,22)11-5-3-10(4-6-11)8-17-14-12(9-18-15(20)19-14)13-2-1-7-23-13/h1-7,9H,8H2,(H2,16,21,22)(H2,17,18,19,20). The van der Waals surface area contributed by atoms with E-state index in [9.17, 15) is 13.2 Å². The number of rotatable bonds is 5. The van der Waals surface area contributed by atoms with Crippen molar-refractivity contribution in [3.63, 3.8) is 0 Å². The number of nitrogens with one attached hydrogen (secondary N) is 2. The molecule has 2 aromatic heterocycles. The van der Waals surface area contributed by atoms with Crippen molar-refractivity contribution in [2.45, 2.75) is 11.4 Å². The Morgan fingerprint density at radius 2 is 1.96 bits per heavy atom. The summed E-state index contributed by atoms with van der Waals surface area (Å²) in [5, 5.41) is 10.2. The van der Waals surface area contributed by atoms with Crippen LogP contribution >= 0.6 is 11.3 Å². The molecular formula is C15H14N4O3S2. The van der Waals surface area contributed by atoms with Crippen molar-refractivity contribution in [3.8, 4) is 10.4 Å². The number of hydrogen-bond donors (Lipinski definition) is 3. The van der Waals surface area contributed by atoms with E-state index in [1.54, 1.807) is 12.1 Å². The van der Waals surface area contributed by atoms with Gasteiger partial charge >= 0.3 is 5.69 Å². The number of nitrogens with two attached hydrogens (primary N) is 1. The van der Waals surface area contributed by atoms with Crippen LogP contribution in [-0.2, 0) is 16.6 Å². The minimum atomic E-state index is -3.70. The van der Waals surface area contributed by atoms with Crippen LogP contribution in [0.25, 0.3) is 10.4 Å². The second-order valence-corrected chi connectivity index (χ2v) is 7.51. The van der Waals surface area contributed by atoms with Crippen molar-refractivity contribution in [1.29, 1.82) is 0 Å². The van der Waals surface area contributed by atoms with Crippen LogP contribution in [0.2, 0.25) is 0 Å². The van der Waals surface area contributed by atoms with E-state index in [2.05, 4.69) is 15.3 Å². The molecule has 3 rings (SSSR count). The molecule has 0 atom stereocenters. The van der Waals surface area contributed by atoms with Crippen LogP contribution in [-0.4, -0.2) is 18.4 Å². The lowest BCUT2D eigenvalue weighted by molar-refractivity contribution is 0.598. The number of hydrogen-bond acceptors (Lipinski definition) is 6. The predicted octanol–water partition coefficient (Wildman–Crippen LogP) is 1.76. The van der Waals surface area contributed by atoms with E-state index in [1.807, 2.05) is 17.5 Å². The molecule has 0 fully saturated rings. The number of sulfonamides is 1. The van der Waals surface area contributed by atoms with Crippen LogP contribution in [0.1, 0.15) is 5.56 Å². The number of aromatic nitrogens is 2. The maximum atomic E-state index is 11.5. The lowest BCUT2D eigenvalue weighted by Crippen LogP contribution is -2.14. The van der Waals surface area contributed by atoms with Crippen LogP contribution in [0, 0.1) is 0 Å². The molecule has 124 valence electrons. The summed E-state index contributed by atoms with van der Waals surface area (Å²) in [5.41, 5.74) is 1.20. The minimum Gasteiger partial charge on any atom is -0.367 e. The SMILES string of the molecule is NS(=O)(=O)c1ccc(CNc2[nH]c(=O)ncc2-c2cccs2)cc1. The first-order valence-electron chi connectivity index (χ1n) is 6.92. The largest absolute Gasteiger partial charge is 0.367 e. The number of anilines is 1. The van der Waals surface area contributed by atoms with E-state index in [-0.39, 0.29) is 4.90 Å². The lowest BCUT2D eigenvalue weighted by Gasteiger charge is -2.10. The first-order valence-corrected chi connectivity index (χ1v) is 9.35. The topological polar surface area (TPSA) is 118 Å². The highest BCUT2D eigenvalue weighted by Gasteiger charge is 2.09. The summed E-state index contributed by atoms with van der Waals surface area (Å²) >= 11 is 1.54. The summed E-state index contributed by atoms with van der Waals surface area (Å²) in [6.45, 7) is 0.406. The van der Waals surface area contributed by atoms with Crippen molar-refractivity contribution < 1.29 is 8.42 Å². The van der Waals surface area contributed by atoms with Crippen molar-refractivity contribution in [1.82, 2.24) is 9.97 Å². The number of aromatic amines is 1. The van der Waals surface area contributed by atoms with Crippen molar-refractivity contribution >= 4 is 27.2 Å². The fraction of sp³-hybridized carbons (Fsp3) is 0.0667. The van der Waals surface area contributed by atoms with Crippen molar-refractivity contribution in [2.24, 2.45) is 5.14 Å². The van der Waals surface area contributed by atoms with Gasteiger partial charge in [0, 0.05) is 17.6 Å². The highest BCUT2D eigenvalue weighted by molar-refractivity contribution is 7.89. The molecule has 24 heavy (non-hydrogen) atoms. The van der Waals surface area contributed by atoms with Crippen LogP contribution < -0.4 is 16.1 Å². The summed E-state index contributed by atoms with van der Waals surface area (Å²) in [6.07, 6.45) is 1.52. The summed E-state index contributed by atoms with van der Waals surface area (Å²) in [6, 6.07) is 10.1. The summed E-state index contributed by atoms with van der Waals surface area (Å²) in [4.78, 5) is 19.0. The van der Waals surface area contributed by atoms with Gasteiger partial charge in [0.1, 0.15) is 5.82 Å². The molecule has 0 aliphatic carbocycles.